The van der Waals surface area contributed by atoms with Gasteiger partial charge in [-0.3, -0.25) is 4.79 Å². The first kappa shape index (κ1) is 12.6. The molecule has 0 radical (unpaired) electrons. The summed E-state index contributed by atoms with van der Waals surface area (Å²) in [6.45, 7) is 0. The molecule has 0 aliphatic heterocycles. The fourth-order valence-electron chi connectivity index (χ4n) is 1.23. The number of primary amides is 1. The minimum absolute atomic E-state index is 0.163. The van der Waals surface area contributed by atoms with Crippen LogP contribution in [0.4, 0.5) is 0 Å². The van der Waals surface area contributed by atoms with E-state index in [4.69, 9.17) is 10.9 Å². The molecule has 16 heavy (non-hydrogen) atoms. The van der Waals surface area contributed by atoms with Gasteiger partial charge in [0.15, 0.2) is 5.03 Å². The van der Waals surface area contributed by atoms with Crippen molar-refractivity contribution in [2.45, 2.75) is 24.3 Å². The topological polar surface area (TPSA) is 116 Å². The van der Waals surface area contributed by atoms with Gasteiger partial charge in [-0.1, -0.05) is 0 Å². The zero-order valence-electron chi connectivity index (χ0n) is 8.59. The molecule has 1 aromatic rings. The molecule has 4 N–H and O–H groups in total. The Morgan fingerprint density at radius 3 is 2.69 bits per heavy atom. The molecule has 1 amide bonds. The number of pyridine rings is 1. The first-order chi connectivity index (χ1) is 7.39. The molecule has 1 heterocycles. The first-order valence-electron chi connectivity index (χ1n) is 4.65. The van der Waals surface area contributed by atoms with E-state index in [0.29, 0.717) is 12.8 Å². The van der Waals surface area contributed by atoms with Gasteiger partial charge < -0.3 is 5.73 Å². The first-order valence-corrected chi connectivity index (χ1v) is 6.20. The molecule has 0 atom stereocenters. The smallest absolute Gasteiger partial charge is 0.255 e. The van der Waals surface area contributed by atoms with Gasteiger partial charge in [0.25, 0.3) is 10.0 Å². The van der Waals surface area contributed by atoms with E-state index >= 15 is 0 Å². The number of hydrogen-bond donors (Lipinski definition) is 2. The molecule has 1 rings (SSSR count). The molecule has 0 saturated heterocycles. The zero-order valence-corrected chi connectivity index (χ0v) is 9.40. The van der Waals surface area contributed by atoms with Gasteiger partial charge in [-0.15, -0.1) is 0 Å². The summed E-state index contributed by atoms with van der Waals surface area (Å²) >= 11 is 0. The van der Waals surface area contributed by atoms with Gasteiger partial charge in [-0.05, 0) is 30.5 Å². The zero-order chi connectivity index (χ0) is 12.2. The van der Waals surface area contributed by atoms with Gasteiger partial charge in [-0.2, -0.15) is 0 Å². The predicted molar refractivity (Wildman–Crippen MR) is 57.7 cm³/mol. The van der Waals surface area contributed by atoms with Crippen molar-refractivity contribution in [3.63, 3.8) is 0 Å². The largest absolute Gasteiger partial charge is 0.370 e. The van der Waals surface area contributed by atoms with Crippen LogP contribution < -0.4 is 10.9 Å². The average molecular weight is 243 g/mol. The maximum absolute atomic E-state index is 11.0. The molecule has 1 aromatic heterocycles. The van der Waals surface area contributed by atoms with Crippen molar-refractivity contribution in [1.82, 2.24) is 4.98 Å². The van der Waals surface area contributed by atoms with Crippen molar-refractivity contribution < 1.29 is 13.2 Å². The van der Waals surface area contributed by atoms with Crippen LogP contribution in [-0.2, 0) is 21.2 Å². The molecule has 0 fully saturated rings. The van der Waals surface area contributed by atoms with Crippen molar-refractivity contribution in [2.75, 3.05) is 0 Å². The SMILES string of the molecule is NC(=O)CCCc1ccnc(S(N)(=O)=O)c1. The van der Waals surface area contributed by atoms with Crippen molar-refractivity contribution >= 4 is 15.9 Å². The molecule has 7 heteroatoms. The summed E-state index contributed by atoms with van der Waals surface area (Å²) in [5.41, 5.74) is 5.75. The molecule has 6 nitrogen and oxygen atoms in total. The molecule has 0 aliphatic rings. The Labute approximate surface area is 93.7 Å². The van der Waals surface area contributed by atoms with Crippen LogP contribution in [0.2, 0.25) is 0 Å². The number of primary sulfonamides is 1. The van der Waals surface area contributed by atoms with Crippen LogP contribution in [-0.4, -0.2) is 19.3 Å². The number of aryl methyl sites for hydroxylation is 1. The number of nitrogens with zero attached hydrogens (tertiary/aromatic N) is 1. The third-order valence-electron chi connectivity index (χ3n) is 1.98. The third kappa shape index (κ3) is 3.95. The summed E-state index contributed by atoms with van der Waals surface area (Å²) in [6.07, 6.45) is 2.78. The van der Waals surface area contributed by atoms with Crippen LogP contribution in [0.15, 0.2) is 23.4 Å². The summed E-state index contributed by atoms with van der Waals surface area (Å²) in [6, 6.07) is 3.08. The van der Waals surface area contributed by atoms with E-state index in [0.717, 1.165) is 5.56 Å². The number of carbonyl (C=O) groups is 1. The Kier molecular flexibility index (Phi) is 3.97. The standard InChI is InChI=1S/C9H13N3O3S/c10-8(13)3-1-2-7-4-5-12-9(6-7)16(11,14)15/h4-6H,1-3H2,(H2,10,13)(H2,11,14,15). The number of amides is 1. The van der Waals surface area contributed by atoms with Gasteiger partial charge in [0.05, 0.1) is 0 Å². The third-order valence-corrected chi connectivity index (χ3v) is 2.79. The highest BCUT2D eigenvalue weighted by Gasteiger charge is 2.09. The highest BCUT2D eigenvalue weighted by Crippen LogP contribution is 2.09. The number of rotatable bonds is 5. The minimum Gasteiger partial charge on any atom is -0.370 e. The lowest BCUT2D eigenvalue weighted by molar-refractivity contribution is -0.118. The minimum atomic E-state index is -3.77. The summed E-state index contributed by atoms with van der Waals surface area (Å²) in [5, 5.41) is 4.78. The van der Waals surface area contributed by atoms with Gasteiger partial charge in [-0.25, -0.2) is 18.5 Å². The molecule has 0 saturated carbocycles. The van der Waals surface area contributed by atoms with Crippen molar-refractivity contribution in [3.8, 4) is 0 Å². The quantitative estimate of drug-likeness (QED) is 0.727. The molecular formula is C9H13N3O3S. The summed E-state index contributed by atoms with van der Waals surface area (Å²) < 4.78 is 22.0. The molecule has 0 aromatic carbocycles. The maximum atomic E-state index is 11.0. The molecule has 0 unspecified atom stereocenters. The number of aromatic nitrogens is 1. The monoisotopic (exact) mass is 243 g/mol. The van der Waals surface area contributed by atoms with Gasteiger partial charge in [0, 0.05) is 12.6 Å². The van der Waals surface area contributed by atoms with Crippen molar-refractivity contribution in [2.24, 2.45) is 10.9 Å². The summed E-state index contributed by atoms with van der Waals surface area (Å²) in [7, 11) is -3.77. The van der Waals surface area contributed by atoms with E-state index in [-0.39, 0.29) is 17.4 Å². The Hall–Kier alpha value is -1.47. The van der Waals surface area contributed by atoms with E-state index in [1.165, 1.54) is 12.3 Å². The Bertz CT molecular complexity index is 485. The molecule has 88 valence electrons. The van der Waals surface area contributed by atoms with Gasteiger partial charge in [0.1, 0.15) is 0 Å². The second kappa shape index (κ2) is 5.04. The van der Waals surface area contributed by atoms with E-state index < -0.39 is 10.0 Å². The lowest BCUT2D eigenvalue weighted by Crippen LogP contribution is -2.14. The highest BCUT2D eigenvalue weighted by atomic mass is 32.2. The van der Waals surface area contributed by atoms with E-state index in [1.807, 2.05) is 0 Å². The fraction of sp³-hybridized carbons (Fsp3) is 0.333. The lowest BCUT2D eigenvalue weighted by atomic mass is 10.1. The lowest BCUT2D eigenvalue weighted by Gasteiger charge is -2.02. The molecule has 0 aliphatic carbocycles. The predicted octanol–water partition coefficient (Wildman–Crippen LogP) is -0.463. The van der Waals surface area contributed by atoms with E-state index in [1.54, 1.807) is 6.07 Å². The van der Waals surface area contributed by atoms with E-state index in [9.17, 15) is 13.2 Å². The Morgan fingerprint density at radius 1 is 1.44 bits per heavy atom. The van der Waals surface area contributed by atoms with Crippen LogP contribution in [0.3, 0.4) is 0 Å². The van der Waals surface area contributed by atoms with Crippen LogP contribution in [0.5, 0.6) is 0 Å². The van der Waals surface area contributed by atoms with Crippen LogP contribution in [0, 0.1) is 0 Å². The molecular weight excluding hydrogens is 230 g/mol. The highest BCUT2D eigenvalue weighted by molar-refractivity contribution is 7.89. The number of nitrogens with two attached hydrogens (primary N) is 2. The second-order valence-electron chi connectivity index (χ2n) is 3.37. The average Bonchev–Trinajstić information content (AvgIpc) is 2.16. The number of sulfonamides is 1. The molecule has 0 bridgehead atoms. The van der Waals surface area contributed by atoms with Crippen LogP contribution in [0.1, 0.15) is 18.4 Å². The van der Waals surface area contributed by atoms with Gasteiger partial charge in [0.2, 0.25) is 5.91 Å². The maximum Gasteiger partial charge on any atom is 0.255 e. The Balaban J connectivity index is 2.72. The Morgan fingerprint density at radius 2 is 2.12 bits per heavy atom. The number of hydrogen-bond acceptors (Lipinski definition) is 4. The van der Waals surface area contributed by atoms with Crippen molar-refractivity contribution in [3.05, 3.63) is 23.9 Å². The second-order valence-corrected chi connectivity index (χ2v) is 4.88. The van der Waals surface area contributed by atoms with Crippen LogP contribution >= 0.6 is 0 Å². The van der Waals surface area contributed by atoms with Crippen molar-refractivity contribution in [1.29, 1.82) is 0 Å². The summed E-state index contributed by atoms with van der Waals surface area (Å²) in [4.78, 5) is 14.2. The van der Waals surface area contributed by atoms with Gasteiger partial charge >= 0.3 is 0 Å². The summed E-state index contributed by atoms with van der Waals surface area (Å²) in [5.74, 6) is -0.374. The fourth-order valence-corrected chi connectivity index (χ4v) is 1.75. The number of carbonyl (C=O) groups excluding carboxylic acids is 1. The van der Waals surface area contributed by atoms with Crippen LogP contribution in [0.25, 0.3) is 0 Å². The normalized spacial score (nSPS) is 11.3. The van der Waals surface area contributed by atoms with E-state index in [2.05, 4.69) is 4.98 Å². The molecule has 0 spiro atoms.